The molecule has 0 radical (unpaired) electrons. The molecule has 1 N–H and O–H groups in total. The molecule has 0 fully saturated rings. The molecule has 2 amide bonds. The van der Waals surface area contributed by atoms with Crippen molar-refractivity contribution < 1.29 is 18.0 Å². The first-order chi connectivity index (χ1) is 17.1. The van der Waals surface area contributed by atoms with Gasteiger partial charge in [-0.05, 0) is 55.5 Å². The molecule has 0 saturated heterocycles. The predicted octanol–water partition coefficient (Wildman–Crippen LogP) is 5.39. The molecule has 0 heterocycles. The molecular weight excluding hydrogens is 533 g/mol. The standard InChI is InChI=1S/C27H37Cl2N3O4S/c1-8-24(26(34)30-18(2)3)31(16-21-22(28)10-9-11-23(21)29)25(33)17-32(37(7,35)36)20-14-12-19(13-15-20)27(4,5)6/h9-15,18,24H,8,16-17H2,1-7H3,(H,30,34). The maximum absolute atomic E-state index is 13.8. The normalized spacial score (nSPS) is 12.8. The van der Waals surface area contributed by atoms with Gasteiger partial charge in [0.15, 0.2) is 0 Å². The first-order valence-electron chi connectivity index (χ1n) is 12.2. The molecule has 7 nitrogen and oxygen atoms in total. The van der Waals surface area contributed by atoms with Gasteiger partial charge in [0.25, 0.3) is 0 Å². The second-order valence-electron chi connectivity index (χ2n) is 10.4. The molecule has 2 rings (SSSR count). The lowest BCUT2D eigenvalue weighted by Crippen LogP contribution is -2.53. The van der Waals surface area contributed by atoms with E-state index in [1.807, 2.05) is 26.0 Å². The first-order valence-corrected chi connectivity index (χ1v) is 14.8. The second-order valence-corrected chi connectivity index (χ2v) is 13.1. The monoisotopic (exact) mass is 569 g/mol. The zero-order valence-electron chi connectivity index (χ0n) is 22.5. The molecule has 204 valence electrons. The summed E-state index contributed by atoms with van der Waals surface area (Å²) in [6, 6.07) is 11.1. The lowest BCUT2D eigenvalue weighted by atomic mass is 9.87. The van der Waals surface area contributed by atoms with Crippen LogP contribution in [0.2, 0.25) is 10.0 Å². The molecule has 0 aliphatic carbocycles. The van der Waals surface area contributed by atoms with E-state index in [9.17, 15) is 18.0 Å². The Labute approximate surface area is 231 Å². The van der Waals surface area contributed by atoms with Crippen LogP contribution in [-0.2, 0) is 31.6 Å². The SMILES string of the molecule is CCC(C(=O)NC(C)C)N(Cc1c(Cl)cccc1Cl)C(=O)CN(c1ccc(C(C)(C)C)cc1)S(C)(=O)=O. The molecule has 0 aliphatic heterocycles. The minimum Gasteiger partial charge on any atom is -0.352 e. The van der Waals surface area contributed by atoms with Gasteiger partial charge in [0.1, 0.15) is 12.6 Å². The first kappa shape index (κ1) is 30.9. The van der Waals surface area contributed by atoms with Gasteiger partial charge >= 0.3 is 0 Å². The van der Waals surface area contributed by atoms with E-state index < -0.39 is 28.5 Å². The van der Waals surface area contributed by atoms with Crippen LogP contribution in [0.3, 0.4) is 0 Å². The van der Waals surface area contributed by atoms with E-state index in [0.717, 1.165) is 16.1 Å². The zero-order chi connectivity index (χ0) is 28.1. The number of sulfonamides is 1. The van der Waals surface area contributed by atoms with Crippen LogP contribution in [0.15, 0.2) is 42.5 Å². The van der Waals surface area contributed by atoms with Crippen molar-refractivity contribution in [3.05, 3.63) is 63.6 Å². The van der Waals surface area contributed by atoms with Gasteiger partial charge in [0, 0.05) is 28.2 Å². The molecule has 0 bridgehead atoms. The highest BCUT2D eigenvalue weighted by Crippen LogP contribution is 2.29. The highest BCUT2D eigenvalue weighted by Gasteiger charge is 2.33. The van der Waals surface area contributed by atoms with E-state index in [-0.39, 0.29) is 23.9 Å². The fourth-order valence-electron chi connectivity index (χ4n) is 3.90. The van der Waals surface area contributed by atoms with Crippen molar-refractivity contribution in [3.63, 3.8) is 0 Å². The number of carbonyl (C=O) groups is 2. The van der Waals surface area contributed by atoms with Gasteiger partial charge in [-0.3, -0.25) is 13.9 Å². The summed E-state index contributed by atoms with van der Waals surface area (Å²) in [7, 11) is -3.82. The Morgan fingerprint density at radius 1 is 1.00 bits per heavy atom. The number of benzene rings is 2. The number of halogens is 2. The van der Waals surface area contributed by atoms with E-state index in [0.29, 0.717) is 27.7 Å². The molecule has 0 aliphatic rings. The summed E-state index contributed by atoms with van der Waals surface area (Å²) in [6.45, 7) is 11.1. The molecule has 37 heavy (non-hydrogen) atoms. The summed E-state index contributed by atoms with van der Waals surface area (Å²) >= 11 is 12.8. The number of amides is 2. The summed E-state index contributed by atoms with van der Waals surface area (Å²) in [5, 5.41) is 3.55. The molecule has 0 spiro atoms. The van der Waals surface area contributed by atoms with E-state index in [4.69, 9.17) is 23.2 Å². The van der Waals surface area contributed by atoms with Crippen molar-refractivity contribution in [1.82, 2.24) is 10.2 Å². The number of rotatable bonds is 10. The van der Waals surface area contributed by atoms with Crippen LogP contribution in [0.4, 0.5) is 5.69 Å². The van der Waals surface area contributed by atoms with Gasteiger partial charge in [-0.15, -0.1) is 0 Å². The summed E-state index contributed by atoms with van der Waals surface area (Å²) in [6.07, 6.45) is 1.36. The smallest absolute Gasteiger partial charge is 0.244 e. The van der Waals surface area contributed by atoms with Crippen LogP contribution in [0.1, 0.15) is 59.1 Å². The Bertz CT molecular complexity index is 1190. The third kappa shape index (κ3) is 8.35. The van der Waals surface area contributed by atoms with Crippen molar-refractivity contribution >= 4 is 50.7 Å². The number of nitrogens with zero attached hydrogens (tertiary/aromatic N) is 2. The number of carbonyl (C=O) groups excluding carboxylic acids is 2. The van der Waals surface area contributed by atoms with Crippen LogP contribution in [-0.4, -0.2) is 50.0 Å². The van der Waals surface area contributed by atoms with Gasteiger partial charge in [-0.2, -0.15) is 0 Å². The van der Waals surface area contributed by atoms with E-state index >= 15 is 0 Å². The van der Waals surface area contributed by atoms with Crippen molar-refractivity contribution in [1.29, 1.82) is 0 Å². The molecule has 1 atom stereocenters. The highest BCUT2D eigenvalue weighted by atomic mass is 35.5. The number of anilines is 1. The summed E-state index contributed by atoms with van der Waals surface area (Å²) < 4.78 is 26.6. The fraction of sp³-hybridized carbons (Fsp3) is 0.481. The van der Waals surface area contributed by atoms with Crippen LogP contribution in [0.5, 0.6) is 0 Å². The minimum atomic E-state index is -3.82. The topological polar surface area (TPSA) is 86.8 Å². The van der Waals surface area contributed by atoms with E-state index in [1.165, 1.54) is 4.90 Å². The van der Waals surface area contributed by atoms with Crippen LogP contribution >= 0.6 is 23.2 Å². The highest BCUT2D eigenvalue weighted by molar-refractivity contribution is 7.92. The summed E-state index contributed by atoms with van der Waals surface area (Å²) in [4.78, 5) is 28.2. The lowest BCUT2D eigenvalue weighted by Gasteiger charge is -2.33. The largest absolute Gasteiger partial charge is 0.352 e. The maximum Gasteiger partial charge on any atom is 0.244 e. The van der Waals surface area contributed by atoms with Crippen LogP contribution < -0.4 is 9.62 Å². The summed E-state index contributed by atoms with van der Waals surface area (Å²) in [5.74, 6) is -0.887. The Hall–Kier alpha value is -2.29. The van der Waals surface area contributed by atoms with Crippen molar-refractivity contribution in [3.8, 4) is 0 Å². The van der Waals surface area contributed by atoms with Crippen LogP contribution in [0.25, 0.3) is 0 Å². The fourth-order valence-corrected chi connectivity index (χ4v) is 5.26. The molecular formula is C27H37Cl2N3O4S. The Balaban J connectivity index is 2.51. The van der Waals surface area contributed by atoms with Gasteiger partial charge in [-0.25, -0.2) is 8.42 Å². The number of hydrogen-bond donors (Lipinski definition) is 1. The molecule has 1 unspecified atom stereocenters. The maximum atomic E-state index is 13.8. The Morgan fingerprint density at radius 2 is 1.54 bits per heavy atom. The molecule has 2 aromatic rings. The summed E-state index contributed by atoms with van der Waals surface area (Å²) in [5.41, 5.74) is 1.75. The van der Waals surface area contributed by atoms with Gasteiger partial charge in [0.05, 0.1) is 11.9 Å². The van der Waals surface area contributed by atoms with Crippen molar-refractivity contribution in [2.75, 3.05) is 17.1 Å². The van der Waals surface area contributed by atoms with E-state index in [2.05, 4.69) is 26.1 Å². The number of nitrogens with one attached hydrogen (secondary N) is 1. The van der Waals surface area contributed by atoms with Gasteiger partial charge < -0.3 is 10.2 Å². The third-order valence-electron chi connectivity index (χ3n) is 5.91. The Morgan fingerprint density at radius 3 is 1.97 bits per heavy atom. The minimum absolute atomic E-state index is 0.0536. The average Bonchev–Trinajstić information content (AvgIpc) is 2.77. The third-order valence-corrected chi connectivity index (χ3v) is 7.76. The zero-order valence-corrected chi connectivity index (χ0v) is 24.8. The van der Waals surface area contributed by atoms with Gasteiger partial charge in [0.2, 0.25) is 21.8 Å². The molecule has 2 aromatic carbocycles. The molecule has 10 heteroatoms. The average molecular weight is 571 g/mol. The van der Waals surface area contributed by atoms with E-state index in [1.54, 1.807) is 37.3 Å². The van der Waals surface area contributed by atoms with Gasteiger partial charge in [-0.1, -0.05) is 69.1 Å². The second kappa shape index (κ2) is 12.5. The Kier molecular flexibility index (Phi) is 10.5. The molecule has 0 aromatic heterocycles. The quantitative estimate of drug-likeness (QED) is 0.415. The van der Waals surface area contributed by atoms with Crippen molar-refractivity contribution in [2.24, 2.45) is 0 Å². The van der Waals surface area contributed by atoms with Crippen molar-refractivity contribution in [2.45, 2.75) is 72.0 Å². The lowest BCUT2D eigenvalue weighted by molar-refractivity contribution is -0.140. The van der Waals surface area contributed by atoms with Crippen LogP contribution in [0, 0.1) is 0 Å². The predicted molar refractivity (Wildman–Crippen MR) is 152 cm³/mol. The molecule has 0 saturated carbocycles. The number of hydrogen-bond acceptors (Lipinski definition) is 4.